The van der Waals surface area contributed by atoms with Crippen LogP contribution in [0.1, 0.15) is 24.2 Å². The zero-order valence-electron chi connectivity index (χ0n) is 11.4. The fourth-order valence-electron chi connectivity index (χ4n) is 1.87. The van der Waals surface area contributed by atoms with E-state index in [0.717, 1.165) is 11.3 Å². The van der Waals surface area contributed by atoms with Crippen molar-refractivity contribution in [3.05, 3.63) is 48.0 Å². The third kappa shape index (κ3) is 3.44. The highest BCUT2D eigenvalue weighted by Crippen LogP contribution is 2.16. The molecular weight excluding hydrogens is 276 g/mol. The molecule has 0 amide bonds. The van der Waals surface area contributed by atoms with Gasteiger partial charge >= 0.3 is 0 Å². The molecule has 108 valence electrons. The molecule has 3 N–H and O–H groups in total. The third-order valence-corrected chi connectivity index (χ3v) is 4.43. The van der Waals surface area contributed by atoms with Crippen molar-refractivity contribution in [1.82, 2.24) is 20.0 Å². The Balaban J connectivity index is 2.14. The number of aromatic nitrogens is 2. The molecule has 0 saturated heterocycles. The summed E-state index contributed by atoms with van der Waals surface area (Å²) in [5, 5.41) is 2.96. The van der Waals surface area contributed by atoms with E-state index in [1.807, 2.05) is 6.07 Å². The summed E-state index contributed by atoms with van der Waals surface area (Å²) in [7, 11) is -1.74. The van der Waals surface area contributed by atoms with Gasteiger partial charge in [-0.05, 0) is 31.7 Å². The van der Waals surface area contributed by atoms with Gasteiger partial charge in [-0.25, -0.2) is 13.1 Å². The van der Waals surface area contributed by atoms with Gasteiger partial charge in [-0.3, -0.25) is 4.98 Å². The largest absolute Gasteiger partial charge is 0.363 e. The van der Waals surface area contributed by atoms with E-state index in [0.29, 0.717) is 6.54 Å². The minimum absolute atomic E-state index is 0.235. The van der Waals surface area contributed by atoms with Crippen LogP contribution in [-0.4, -0.2) is 25.4 Å². The van der Waals surface area contributed by atoms with Crippen molar-refractivity contribution in [1.29, 1.82) is 0 Å². The van der Waals surface area contributed by atoms with Gasteiger partial charge in [0, 0.05) is 36.9 Å². The predicted molar refractivity (Wildman–Crippen MR) is 76.5 cm³/mol. The Morgan fingerprint density at radius 3 is 2.90 bits per heavy atom. The smallest absolute Gasteiger partial charge is 0.242 e. The second kappa shape index (κ2) is 6.17. The van der Waals surface area contributed by atoms with E-state index in [-0.39, 0.29) is 10.9 Å². The van der Waals surface area contributed by atoms with Crippen LogP contribution in [0, 0.1) is 0 Å². The highest BCUT2D eigenvalue weighted by molar-refractivity contribution is 7.89. The zero-order valence-corrected chi connectivity index (χ0v) is 12.2. The molecule has 0 aromatic carbocycles. The number of rotatable bonds is 6. The normalized spacial score (nSPS) is 13.3. The second-order valence-corrected chi connectivity index (χ2v) is 6.23. The van der Waals surface area contributed by atoms with Crippen LogP contribution in [-0.2, 0) is 16.6 Å². The minimum Gasteiger partial charge on any atom is -0.363 e. The van der Waals surface area contributed by atoms with E-state index in [2.05, 4.69) is 20.0 Å². The number of sulfonamides is 1. The summed E-state index contributed by atoms with van der Waals surface area (Å²) in [6, 6.07) is 4.90. The third-order valence-electron chi connectivity index (χ3n) is 2.91. The van der Waals surface area contributed by atoms with Gasteiger partial charge in [0.05, 0.1) is 4.90 Å². The molecule has 1 unspecified atom stereocenters. The lowest BCUT2D eigenvalue weighted by Crippen LogP contribution is -2.26. The van der Waals surface area contributed by atoms with E-state index in [4.69, 9.17) is 0 Å². The lowest BCUT2D eigenvalue weighted by molar-refractivity contribution is 0.566. The number of aromatic amines is 1. The van der Waals surface area contributed by atoms with Crippen molar-refractivity contribution in [2.45, 2.75) is 24.4 Å². The Hall–Kier alpha value is -1.70. The van der Waals surface area contributed by atoms with Crippen molar-refractivity contribution in [3.8, 4) is 0 Å². The maximum absolute atomic E-state index is 12.3. The van der Waals surface area contributed by atoms with E-state index >= 15 is 0 Å². The average molecular weight is 294 g/mol. The molecular formula is C13H18N4O2S. The van der Waals surface area contributed by atoms with Crippen LogP contribution in [0.25, 0.3) is 0 Å². The number of nitrogens with one attached hydrogen (secondary N) is 3. The molecule has 0 aliphatic rings. The molecule has 2 aromatic rings. The summed E-state index contributed by atoms with van der Waals surface area (Å²) >= 11 is 0. The molecule has 2 rings (SSSR count). The van der Waals surface area contributed by atoms with Crippen LogP contribution in [0.3, 0.4) is 0 Å². The van der Waals surface area contributed by atoms with Gasteiger partial charge in [0.1, 0.15) is 0 Å². The fraction of sp³-hybridized carbons (Fsp3) is 0.308. The number of pyridine rings is 1. The highest BCUT2D eigenvalue weighted by Gasteiger charge is 2.19. The summed E-state index contributed by atoms with van der Waals surface area (Å²) < 4.78 is 27.2. The standard InChI is InChI=1S/C13H18N4O2S/c1-10(11-4-3-5-15-7-11)17-20(18,19)13-6-12(8-14-2)16-9-13/h3-7,9-10,14,16-17H,8H2,1-2H3. The topological polar surface area (TPSA) is 86.9 Å². The first kappa shape index (κ1) is 14.7. The van der Waals surface area contributed by atoms with Gasteiger partial charge in [-0.15, -0.1) is 0 Å². The molecule has 1 atom stereocenters. The zero-order chi connectivity index (χ0) is 14.6. The SMILES string of the molecule is CNCc1cc(S(=O)(=O)NC(C)c2cccnc2)c[nH]1. The lowest BCUT2D eigenvalue weighted by atomic mass is 10.2. The van der Waals surface area contributed by atoms with Gasteiger partial charge in [0.2, 0.25) is 10.0 Å². The highest BCUT2D eigenvalue weighted by atomic mass is 32.2. The Morgan fingerprint density at radius 2 is 2.25 bits per heavy atom. The summed E-state index contributed by atoms with van der Waals surface area (Å²) in [5.41, 5.74) is 1.64. The van der Waals surface area contributed by atoms with Gasteiger partial charge in [-0.1, -0.05) is 6.07 Å². The first-order chi connectivity index (χ1) is 9.53. The summed E-state index contributed by atoms with van der Waals surface area (Å²) in [4.78, 5) is 7.15. The first-order valence-corrected chi connectivity index (χ1v) is 7.75. The molecule has 7 heteroatoms. The van der Waals surface area contributed by atoms with Crippen LogP contribution < -0.4 is 10.0 Å². The van der Waals surface area contributed by atoms with Crippen LogP contribution in [0.15, 0.2) is 41.7 Å². The quantitative estimate of drug-likeness (QED) is 0.746. The molecule has 20 heavy (non-hydrogen) atoms. The van der Waals surface area contributed by atoms with E-state index in [9.17, 15) is 8.42 Å². The van der Waals surface area contributed by atoms with E-state index in [1.165, 1.54) is 6.20 Å². The van der Waals surface area contributed by atoms with Gasteiger partial charge in [-0.2, -0.15) is 0 Å². The molecule has 6 nitrogen and oxygen atoms in total. The van der Waals surface area contributed by atoms with Crippen LogP contribution in [0.5, 0.6) is 0 Å². The van der Waals surface area contributed by atoms with Crippen molar-refractivity contribution in [2.75, 3.05) is 7.05 Å². The molecule has 0 saturated carbocycles. The minimum atomic E-state index is -3.54. The first-order valence-electron chi connectivity index (χ1n) is 6.27. The predicted octanol–water partition coefficient (Wildman–Crippen LogP) is 1.17. The van der Waals surface area contributed by atoms with Gasteiger partial charge in [0.25, 0.3) is 0 Å². The summed E-state index contributed by atoms with van der Waals surface area (Å²) in [6.07, 6.45) is 4.79. The van der Waals surface area contributed by atoms with Crippen molar-refractivity contribution in [2.24, 2.45) is 0 Å². The molecule has 0 bridgehead atoms. The van der Waals surface area contributed by atoms with Crippen LogP contribution in [0.4, 0.5) is 0 Å². The fourth-order valence-corrected chi connectivity index (χ4v) is 3.12. The van der Waals surface area contributed by atoms with Crippen molar-refractivity contribution < 1.29 is 8.42 Å². The van der Waals surface area contributed by atoms with E-state index < -0.39 is 10.0 Å². The number of hydrogen-bond donors (Lipinski definition) is 3. The van der Waals surface area contributed by atoms with Gasteiger partial charge < -0.3 is 10.3 Å². The maximum Gasteiger partial charge on any atom is 0.242 e. The van der Waals surface area contributed by atoms with E-state index in [1.54, 1.807) is 38.5 Å². The van der Waals surface area contributed by atoms with Gasteiger partial charge in [0.15, 0.2) is 0 Å². The molecule has 2 aromatic heterocycles. The summed E-state index contributed by atoms with van der Waals surface area (Å²) in [6.45, 7) is 2.38. The molecule has 0 radical (unpaired) electrons. The molecule has 0 spiro atoms. The van der Waals surface area contributed by atoms with Crippen molar-refractivity contribution >= 4 is 10.0 Å². The number of hydrogen-bond acceptors (Lipinski definition) is 4. The Bertz CT molecular complexity index is 652. The number of nitrogens with zero attached hydrogens (tertiary/aromatic N) is 1. The second-order valence-electron chi connectivity index (χ2n) is 4.52. The van der Waals surface area contributed by atoms with Crippen LogP contribution in [0.2, 0.25) is 0 Å². The lowest BCUT2D eigenvalue weighted by Gasteiger charge is -2.13. The van der Waals surface area contributed by atoms with Crippen LogP contribution >= 0.6 is 0 Å². The molecule has 0 fully saturated rings. The summed E-state index contributed by atoms with van der Waals surface area (Å²) in [5.74, 6) is 0. The Kier molecular flexibility index (Phi) is 4.53. The average Bonchev–Trinajstić information content (AvgIpc) is 2.89. The number of H-pyrrole nitrogens is 1. The monoisotopic (exact) mass is 294 g/mol. The Morgan fingerprint density at radius 1 is 1.45 bits per heavy atom. The maximum atomic E-state index is 12.3. The molecule has 0 aliphatic heterocycles. The Labute approximate surface area is 118 Å². The molecule has 0 aliphatic carbocycles. The van der Waals surface area contributed by atoms with Crippen molar-refractivity contribution in [3.63, 3.8) is 0 Å². The molecule has 2 heterocycles.